The maximum atomic E-state index is 9.54. The Bertz CT molecular complexity index is 273. The Morgan fingerprint density at radius 1 is 1.36 bits per heavy atom. The Morgan fingerprint density at radius 2 is 2.29 bits per heavy atom. The van der Waals surface area contributed by atoms with Crippen LogP contribution in [0.2, 0.25) is 0 Å². The normalized spacial score (nSPS) is 27.5. The summed E-state index contributed by atoms with van der Waals surface area (Å²) < 4.78 is 0. The highest BCUT2D eigenvalue weighted by Crippen LogP contribution is 2.26. The molecule has 1 aliphatic rings. The first-order chi connectivity index (χ1) is 6.84. The van der Waals surface area contributed by atoms with Crippen LogP contribution in [0, 0.1) is 5.92 Å². The third kappa shape index (κ3) is 2.55. The van der Waals surface area contributed by atoms with Crippen molar-refractivity contribution < 1.29 is 5.11 Å². The standard InChI is InChI=1S/C12H17NO/c14-12-6-3-4-10(9-12)8-11-5-1-2-7-13-11/h1-2,5,7,10,12,14H,3-4,6,8-9H2. The van der Waals surface area contributed by atoms with Crippen molar-refractivity contribution in [1.29, 1.82) is 0 Å². The van der Waals surface area contributed by atoms with Gasteiger partial charge < -0.3 is 5.11 Å². The van der Waals surface area contributed by atoms with Crippen LogP contribution in [0.15, 0.2) is 24.4 Å². The second-order valence-corrected chi connectivity index (χ2v) is 4.21. The van der Waals surface area contributed by atoms with Gasteiger partial charge in [0.2, 0.25) is 0 Å². The van der Waals surface area contributed by atoms with Gasteiger partial charge in [0.25, 0.3) is 0 Å². The maximum Gasteiger partial charge on any atom is 0.0543 e. The molecule has 0 amide bonds. The van der Waals surface area contributed by atoms with Gasteiger partial charge in [-0.2, -0.15) is 0 Å². The van der Waals surface area contributed by atoms with E-state index in [1.54, 1.807) is 0 Å². The predicted octanol–water partition coefficient (Wildman–Crippen LogP) is 2.18. The molecule has 1 aromatic rings. The summed E-state index contributed by atoms with van der Waals surface area (Å²) in [5, 5.41) is 9.54. The van der Waals surface area contributed by atoms with Crippen LogP contribution < -0.4 is 0 Å². The number of pyridine rings is 1. The summed E-state index contributed by atoms with van der Waals surface area (Å²) in [5.74, 6) is 0.633. The summed E-state index contributed by atoms with van der Waals surface area (Å²) in [4.78, 5) is 4.32. The first kappa shape index (κ1) is 9.66. The van der Waals surface area contributed by atoms with Gasteiger partial charge in [-0.15, -0.1) is 0 Å². The Hall–Kier alpha value is -0.890. The van der Waals surface area contributed by atoms with Gasteiger partial charge in [0.05, 0.1) is 6.10 Å². The molecule has 2 atom stereocenters. The molecule has 2 unspecified atom stereocenters. The van der Waals surface area contributed by atoms with Crippen molar-refractivity contribution in [2.75, 3.05) is 0 Å². The number of nitrogens with zero attached hydrogens (tertiary/aromatic N) is 1. The van der Waals surface area contributed by atoms with Crippen molar-refractivity contribution in [3.63, 3.8) is 0 Å². The fourth-order valence-corrected chi connectivity index (χ4v) is 2.26. The Labute approximate surface area is 85.0 Å². The largest absolute Gasteiger partial charge is 0.393 e. The number of hydrogen-bond donors (Lipinski definition) is 1. The van der Waals surface area contributed by atoms with E-state index in [0.717, 1.165) is 25.0 Å². The lowest BCUT2D eigenvalue weighted by atomic mass is 9.84. The van der Waals surface area contributed by atoms with E-state index >= 15 is 0 Å². The fraction of sp³-hybridized carbons (Fsp3) is 0.583. The van der Waals surface area contributed by atoms with Gasteiger partial charge in [0.15, 0.2) is 0 Å². The summed E-state index contributed by atoms with van der Waals surface area (Å²) >= 11 is 0. The molecule has 0 aliphatic heterocycles. The van der Waals surface area contributed by atoms with Crippen LogP contribution in [-0.4, -0.2) is 16.2 Å². The minimum Gasteiger partial charge on any atom is -0.393 e. The lowest BCUT2D eigenvalue weighted by Gasteiger charge is -2.25. The first-order valence-electron chi connectivity index (χ1n) is 5.42. The second kappa shape index (κ2) is 4.56. The van der Waals surface area contributed by atoms with Crippen LogP contribution in [0.5, 0.6) is 0 Å². The third-order valence-electron chi connectivity index (χ3n) is 2.98. The molecule has 1 N–H and O–H groups in total. The molecule has 0 saturated heterocycles. The van der Waals surface area contributed by atoms with Crippen molar-refractivity contribution >= 4 is 0 Å². The van der Waals surface area contributed by atoms with E-state index in [1.165, 1.54) is 12.8 Å². The van der Waals surface area contributed by atoms with E-state index in [2.05, 4.69) is 11.1 Å². The zero-order chi connectivity index (χ0) is 9.80. The number of rotatable bonds is 2. The highest BCUT2D eigenvalue weighted by atomic mass is 16.3. The van der Waals surface area contributed by atoms with Crippen molar-refractivity contribution in [2.45, 2.75) is 38.2 Å². The summed E-state index contributed by atoms with van der Waals surface area (Å²) in [6, 6.07) is 6.04. The van der Waals surface area contributed by atoms with Crippen LogP contribution in [-0.2, 0) is 6.42 Å². The Balaban J connectivity index is 1.91. The van der Waals surface area contributed by atoms with E-state index in [0.29, 0.717) is 5.92 Å². The number of hydrogen-bond acceptors (Lipinski definition) is 2. The van der Waals surface area contributed by atoms with Gasteiger partial charge >= 0.3 is 0 Å². The molecule has 2 nitrogen and oxygen atoms in total. The lowest BCUT2D eigenvalue weighted by Crippen LogP contribution is -2.21. The summed E-state index contributed by atoms with van der Waals surface area (Å²) in [7, 11) is 0. The first-order valence-corrected chi connectivity index (χ1v) is 5.42. The molecule has 1 heterocycles. The summed E-state index contributed by atoms with van der Waals surface area (Å²) in [5.41, 5.74) is 1.16. The zero-order valence-corrected chi connectivity index (χ0v) is 8.39. The molecule has 2 heteroatoms. The van der Waals surface area contributed by atoms with Gasteiger partial charge in [0, 0.05) is 11.9 Å². The topological polar surface area (TPSA) is 33.1 Å². The smallest absolute Gasteiger partial charge is 0.0543 e. The van der Waals surface area contributed by atoms with E-state index < -0.39 is 0 Å². The Morgan fingerprint density at radius 3 is 3.00 bits per heavy atom. The van der Waals surface area contributed by atoms with Crippen LogP contribution in [0.3, 0.4) is 0 Å². The zero-order valence-electron chi connectivity index (χ0n) is 8.39. The van der Waals surface area contributed by atoms with Crippen molar-refractivity contribution in [1.82, 2.24) is 4.98 Å². The van der Waals surface area contributed by atoms with Crippen molar-refractivity contribution in [3.8, 4) is 0 Å². The van der Waals surface area contributed by atoms with Crippen LogP contribution in [0.4, 0.5) is 0 Å². The number of aromatic nitrogens is 1. The maximum absolute atomic E-state index is 9.54. The molecule has 1 saturated carbocycles. The quantitative estimate of drug-likeness (QED) is 0.777. The van der Waals surface area contributed by atoms with Gasteiger partial charge in [-0.1, -0.05) is 12.5 Å². The highest BCUT2D eigenvalue weighted by Gasteiger charge is 2.20. The molecule has 0 bridgehead atoms. The number of aliphatic hydroxyl groups excluding tert-OH is 1. The van der Waals surface area contributed by atoms with Gasteiger partial charge in [0.1, 0.15) is 0 Å². The average Bonchev–Trinajstić information content (AvgIpc) is 2.19. The van der Waals surface area contributed by atoms with Crippen LogP contribution >= 0.6 is 0 Å². The van der Waals surface area contributed by atoms with E-state index in [4.69, 9.17) is 0 Å². The van der Waals surface area contributed by atoms with E-state index in [-0.39, 0.29) is 6.10 Å². The molecule has 76 valence electrons. The molecule has 2 rings (SSSR count). The van der Waals surface area contributed by atoms with Gasteiger partial charge in [-0.25, -0.2) is 0 Å². The lowest BCUT2D eigenvalue weighted by molar-refractivity contribution is 0.101. The average molecular weight is 191 g/mol. The fourth-order valence-electron chi connectivity index (χ4n) is 2.26. The molecular weight excluding hydrogens is 174 g/mol. The molecule has 14 heavy (non-hydrogen) atoms. The highest BCUT2D eigenvalue weighted by molar-refractivity contribution is 5.04. The number of aliphatic hydroxyl groups is 1. The van der Waals surface area contributed by atoms with E-state index in [9.17, 15) is 5.11 Å². The summed E-state index contributed by atoms with van der Waals surface area (Å²) in [6.45, 7) is 0. The van der Waals surface area contributed by atoms with Gasteiger partial charge in [-0.3, -0.25) is 4.98 Å². The second-order valence-electron chi connectivity index (χ2n) is 4.21. The third-order valence-corrected chi connectivity index (χ3v) is 2.98. The van der Waals surface area contributed by atoms with E-state index in [1.807, 2.05) is 18.3 Å². The molecular formula is C12H17NO. The minimum atomic E-state index is -0.0718. The molecule has 1 aliphatic carbocycles. The Kier molecular flexibility index (Phi) is 3.14. The van der Waals surface area contributed by atoms with Crippen LogP contribution in [0.1, 0.15) is 31.4 Å². The molecule has 0 spiro atoms. The molecule has 0 aromatic carbocycles. The predicted molar refractivity (Wildman–Crippen MR) is 55.9 cm³/mol. The SMILES string of the molecule is OC1CCCC(Cc2ccccn2)C1. The molecule has 1 aromatic heterocycles. The monoisotopic (exact) mass is 191 g/mol. The van der Waals surface area contributed by atoms with Crippen molar-refractivity contribution in [2.24, 2.45) is 5.92 Å². The van der Waals surface area contributed by atoms with Gasteiger partial charge in [-0.05, 0) is 43.7 Å². The van der Waals surface area contributed by atoms with Crippen molar-refractivity contribution in [3.05, 3.63) is 30.1 Å². The minimum absolute atomic E-state index is 0.0718. The molecule has 1 fully saturated rings. The summed E-state index contributed by atoms with van der Waals surface area (Å²) in [6.07, 6.45) is 7.14. The van der Waals surface area contributed by atoms with Crippen LogP contribution in [0.25, 0.3) is 0 Å². The molecule has 0 radical (unpaired) electrons.